The molecule has 0 atom stereocenters. The number of H-pyrrole nitrogens is 2. The van der Waals surface area contributed by atoms with Gasteiger partial charge in [-0.15, -0.1) is 0 Å². The van der Waals surface area contributed by atoms with Gasteiger partial charge in [0.25, 0.3) is 5.69 Å². The van der Waals surface area contributed by atoms with Crippen LogP contribution in [0, 0.1) is 14.8 Å². The highest BCUT2D eigenvalue weighted by Crippen LogP contribution is 2.23. The lowest BCUT2D eigenvalue weighted by Crippen LogP contribution is -1.87. The minimum atomic E-state index is -0.496. The fourth-order valence-electron chi connectivity index (χ4n) is 1.11. The molecule has 0 saturated carbocycles. The smallest absolute Gasteiger partial charge is 0.299 e. The molecule has 0 aliphatic carbocycles. The van der Waals surface area contributed by atoms with Gasteiger partial charge in [-0.05, 0) is 0 Å². The minimum absolute atomic E-state index is 0.0515. The first-order chi connectivity index (χ1) is 6.20. The maximum absolute atomic E-state index is 10.5. The minimum Gasteiger partial charge on any atom is -0.341 e. The van der Waals surface area contributed by atoms with Crippen LogP contribution in [0.15, 0.2) is 12.5 Å². The number of nitrogens with one attached hydrogen (secondary N) is 2. The zero-order chi connectivity index (χ0) is 9.42. The van der Waals surface area contributed by atoms with Crippen LogP contribution in [0.3, 0.4) is 0 Å². The van der Waals surface area contributed by atoms with E-state index in [-0.39, 0.29) is 10.3 Å². The van der Waals surface area contributed by atoms with Gasteiger partial charge in [0.15, 0.2) is 0 Å². The van der Waals surface area contributed by atoms with Gasteiger partial charge in [0.05, 0.1) is 17.4 Å². The summed E-state index contributed by atoms with van der Waals surface area (Å²) in [4.78, 5) is 19.2. The maximum atomic E-state index is 10.5. The highest BCUT2D eigenvalue weighted by molar-refractivity contribution is 7.71. The van der Waals surface area contributed by atoms with Crippen LogP contribution < -0.4 is 0 Å². The molecular weight excluding hydrogens is 192 g/mol. The summed E-state index contributed by atoms with van der Waals surface area (Å²) < 4.78 is 0.224. The van der Waals surface area contributed by atoms with E-state index >= 15 is 0 Å². The Balaban J connectivity index is 2.95. The SMILES string of the molecule is O=[N+]([O-])c1c[nH]c2[nH]cnc(=S)c12. The molecule has 0 aromatic carbocycles. The summed E-state index contributed by atoms with van der Waals surface area (Å²) in [6.07, 6.45) is 2.68. The average Bonchev–Trinajstić information content (AvgIpc) is 2.49. The summed E-state index contributed by atoms with van der Waals surface area (Å²) in [5.41, 5.74) is 0.469. The summed E-state index contributed by atoms with van der Waals surface area (Å²) in [7, 11) is 0. The molecule has 6 nitrogen and oxygen atoms in total. The second kappa shape index (κ2) is 2.63. The molecule has 2 N–H and O–H groups in total. The quantitative estimate of drug-likeness (QED) is 0.411. The molecule has 2 heterocycles. The van der Waals surface area contributed by atoms with Gasteiger partial charge in [0.1, 0.15) is 15.7 Å². The van der Waals surface area contributed by atoms with Crippen LogP contribution in [0.5, 0.6) is 0 Å². The summed E-state index contributed by atoms with van der Waals surface area (Å²) in [6.45, 7) is 0. The molecule has 0 fully saturated rings. The number of hydrogen-bond donors (Lipinski definition) is 2. The van der Waals surface area contributed by atoms with Gasteiger partial charge in [-0.2, -0.15) is 0 Å². The molecule has 66 valence electrons. The summed E-state index contributed by atoms with van der Waals surface area (Å²) >= 11 is 4.86. The fraction of sp³-hybridized carbons (Fsp3) is 0. The molecule has 2 aromatic heterocycles. The lowest BCUT2D eigenvalue weighted by molar-refractivity contribution is -0.383. The van der Waals surface area contributed by atoms with E-state index in [0.717, 1.165) is 0 Å². The average molecular weight is 196 g/mol. The van der Waals surface area contributed by atoms with Crippen LogP contribution in [0.25, 0.3) is 11.0 Å². The van der Waals surface area contributed by atoms with Crippen LogP contribution in [0.1, 0.15) is 0 Å². The second-order valence-electron chi connectivity index (χ2n) is 2.39. The van der Waals surface area contributed by atoms with E-state index in [1.165, 1.54) is 12.5 Å². The molecule has 13 heavy (non-hydrogen) atoms. The Morgan fingerprint density at radius 1 is 1.54 bits per heavy atom. The zero-order valence-corrected chi connectivity index (χ0v) is 7.09. The molecule has 0 amide bonds. The number of rotatable bonds is 1. The molecule has 7 heteroatoms. The van der Waals surface area contributed by atoms with Crippen molar-refractivity contribution in [2.45, 2.75) is 0 Å². The monoisotopic (exact) mass is 196 g/mol. The second-order valence-corrected chi connectivity index (χ2v) is 2.78. The van der Waals surface area contributed by atoms with Crippen LogP contribution in [0.4, 0.5) is 5.69 Å². The number of nitro groups is 1. The molecule has 0 aliphatic rings. The van der Waals surface area contributed by atoms with Crippen LogP contribution in [0.2, 0.25) is 0 Å². The normalized spacial score (nSPS) is 10.5. The van der Waals surface area contributed by atoms with Gasteiger partial charge in [0.2, 0.25) is 0 Å². The number of hydrogen-bond acceptors (Lipinski definition) is 4. The topological polar surface area (TPSA) is 87.6 Å². The molecule has 2 aromatic rings. The molecule has 0 saturated heterocycles. The predicted molar refractivity (Wildman–Crippen MR) is 47.9 cm³/mol. The number of nitrogens with zero attached hydrogens (tertiary/aromatic N) is 2. The van der Waals surface area contributed by atoms with Crippen molar-refractivity contribution in [2.24, 2.45) is 0 Å². The lowest BCUT2D eigenvalue weighted by Gasteiger charge is -1.88. The molecule has 0 spiro atoms. The molecular formula is C6H4N4O2S. The molecule has 0 radical (unpaired) electrons. The number of fused-ring (bicyclic) bond motifs is 1. The van der Waals surface area contributed by atoms with Crippen molar-refractivity contribution in [3.8, 4) is 0 Å². The Morgan fingerprint density at radius 3 is 3.00 bits per heavy atom. The third-order valence-electron chi connectivity index (χ3n) is 1.66. The zero-order valence-electron chi connectivity index (χ0n) is 6.27. The van der Waals surface area contributed by atoms with Gasteiger partial charge in [-0.3, -0.25) is 10.1 Å². The van der Waals surface area contributed by atoms with Crippen molar-refractivity contribution in [1.29, 1.82) is 0 Å². The van der Waals surface area contributed by atoms with E-state index in [4.69, 9.17) is 12.2 Å². The van der Waals surface area contributed by atoms with Crippen molar-refractivity contribution < 1.29 is 4.92 Å². The van der Waals surface area contributed by atoms with Crippen molar-refractivity contribution >= 4 is 28.9 Å². The number of aromatic nitrogens is 3. The van der Waals surface area contributed by atoms with Crippen molar-refractivity contribution in [1.82, 2.24) is 15.0 Å². The van der Waals surface area contributed by atoms with Crippen molar-refractivity contribution in [3.05, 3.63) is 27.3 Å². The largest absolute Gasteiger partial charge is 0.341 e. The van der Waals surface area contributed by atoms with Gasteiger partial charge in [-0.25, -0.2) is 4.98 Å². The molecule has 0 unspecified atom stereocenters. The van der Waals surface area contributed by atoms with Gasteiger partial charge >= 0.3 is 0 Å². The van der Waals surface area contributed by atoms with E-state index in [2.05, 4.69) is 15.0 Å². The summed E-state index contributed by atoms with van der Waals surface area (Å²) in [6, 6.07) is 0. The predicted octanol–water partition coefficient (Wildman–Crippen LogP) is 1.53. The van der Waals surface area contributed by atoms with Crippen LogP contribution >= 0.6 is 12.2 Å². The third kappa shape index (κ3) is 1.09. The highest BCUT2D eigenvalue weighted by Gasteiger charge is 2.15. The van der Waals surface area contributed by atoms with Crippen molar-refractivity contribution in [3.63, 3.8) is 0 Å². The van der Waals surface area contributed by atoms with E-state index in [0.29, 0.717) is 11.0 Å². The Labute approximate surface area is 76.8 Å². The first-order valence-electron chi connectivity index (χ1n) is 3.39. The lowest BCUT2D eigenvalue weighted by atomic mass is 10.4. The standard InChI is InChI=1S/C6H4N4O2S/c11-10(12)3-1-7-5-4(3)6(13)9-2-8-5/h1-2H,(H2,7,8,9,13). The van der Waals surface area contributed by atoms with Gasteiger partial charge in [-0.1, -0.05) is 12.2 Å². The van der Waals surface area contributed by atoms with Crippen LogP contribution in [-0.2, 0) is 0 Å². The Hall–Kier alpha value is -1.76. The van der Waals surface area contributed by atoms with E-state index < -0.39 is 4.92 Å². The first kappa shape index (κ1) is 7.87. The molecule has 2 rings (SSSR count). The van der Waals surface area contributed by atoms with E-state index in [1.54, 1.807) is 0 Å². The summed E-state index contributed by atoms with van der Waals surface area (Å²) in [5, 5.41) is 10.9. The third-order valence-corrected chi connectivity index (χ3v) is 1.97. The first-order valence-corrected chi connectivity index (χ1v) is 3.80. The number of aromatic amines is 2. The van der Waals surface area contributed by atoms with E-state index in [1.807, 2.05) is 0 Å². The highest BCUT2D eigenvalue weighted by atomic mass is 32.1. The maximum Gasteiger partial charge on any atom is 0.299 e. The molecule has 0 bridgehead atoms. The van der Waals surface area contributed by atoms with Crippen molar-refractivity contribution in [2.75, 3.05) is 0 Å². The summed E-state index contributed by atoms with van der Waals surface area (Å²) in [5.74, 6) is 0. The molecule has 0 aliphatic heterocycles. The van der Waals surface area contributed by atoms with E-state index in [9.17, 15) is 10.1 Å². The Kier molecular flexibility index (Phi) is 1.59. The Bertz CT molecular complexity index is 529. The van der Waals surface area contributed by atoms with Crippen LogP contribution in [-0.4, -0.2) is 19.9 Å². The Morgan fingerprint density at radius 2 is 2.31 bits per heavy atom. The fourth-order valence-corrected chi connectivity index (χ4v) is 1.37. The van der Waals surface area contributed by atoms with Gasteiger partial charge < -0.3 is 9.97 Å². The van der Waals surface area contributed by atoms with Gasteiger partial charge in [0, 0.05) is 0 Å².